The second-order valence-electron chi connectivity index (χ2n) is 4.45. The smallest absolute Gasteiger partial charge is 0.319 e. The molecule has 3 amide bonds. The van der Waals surface area contributed by atoms with Crippen molar-refractivity contribution in [2.45, 2.75) is 19.5 Å². The molecule has 0 saturated carbocycles. The molecule has 1 aromatic rings. The maximum Gasteiger partial charge on any atom is 0.319 e. The van der Waals surface area contributed by atoms with E-state index in [0.29, 0.717) is 6.54 Å². The number of likely N-dealkylation sites (N-methyl/N-ethyl adjacent to an activating group) is 1. The first-order valence-corrected chi connectivity index (χ1v) is 5.99. The number of nitrogens with two attached hydrogens (primary N) is 1. The van der Waals surface area contributed by atoms with Crippen molar-refractivity contribution < 1.29 is 19.2 Å². The normalized spacial score (nSPS) is 13.4. The minimum Gasteiger partial charge on any atom is -0.497 e. The first kappa shape index (κ1) is 15.0. The molecule has 4 N–H and O–H groups in total. The van der Waals surface area contributed by atoms with Crippen molar-refractivity contribution in [1.29, 1.82) is 0 Å². The van der Waals surface area contributed by atoms with E-state index in [1.165, 1.54) is 0 Å². The summed E-state index contributed by atoms with van der Waals surface area (Å²) in [6.07, 6.45) is 0. The maximum atomic E-state index is 11.6. The van der Waals surface area contributed by atoms with Crippen molar-refractivity contribution in [1.82, 2.24) is 5.32 Å². The fraction of sp³-hybridized carbons (Fsp3) is 0.385. The molecular weight excluding hydrogens is 246 g/mol. The molecule has 0 heterocycles. The molecule has 1 rings (SSSR count). The van der Waals surface area contributed by atoms with E-state index in [2.05, 4.69) is 5.32 Å². The summed E-state index contributed by atoms with van der Waals surface area (Å²) in [5.41, 5.74) is 6.00. The van der Waals surface area contributed by atoms with E-state index < -0.39 is 6.03 Å². The number of carbonyl (C=O) groups is 2. The maximum absolute atomic E-state index is 11.6. The Kier molecular flexibility index (Phi) is 5.32. The number of amides is 3. The van der Waals surface area contributed by atoms with E-state index in [9.17, 15) is 9.59 Å². The van der Waals surface area contributed by atoms with Gasteiger partial charge in [0.2, 0.25) is 0 Å². The van der Waals surface area contributed by atoms with Crippen LogP contribution in [0.25, 0.3) is 0 Å². The summed E-state index contributed by atoms with van der Waals surface area (Å²) in [6, 6.07) is 6.44. The Morgan fingerprint density at radius 2 is 1.95 bits per heavy atom. The van der Waals surface area contributed by atoms with Crippen LogP contribution in [0, 0.1) is 0 Å². The highest BCUT2D eigenvalue weighted by Gasteiger charge is 2.22. The Labute approximate surface area is 112 Å². The molecule has 0 spiro atoms. The van der Waals surface area contributed by atoms with E-state index in [-0.39, 0.29) is 11.9 Å². The Morgan fingerprint density at radius 3 is 2.42 bits per heavy atom. The summed E-state index contributed by atoms with van der Waals surface area (Å²) in [4.78, 5) is 23.2. The molecule has 104 valence electrons. The lowest BCUT2D eigenvalue weighted by molar-refractivity contribution is -0.908. The van der Waals surface area contributed by atoms with Gasteiger partial charge in [-0.2, -0.15) is 0 Å². The van der Waals surface area contributed by atoms with Gasteiger partial charge < -0.3 is 15.4 Å². The Hall–Kier alpha value is -2.08. The number of rotatable bonds is 5. The zero-order valence-electron chi connectivity index (χ0n) is 11.4. The molecule has 0 aliphatic rings. The number of ether oxygens (including phenoxy) is 1. The zero-order chi connectivity index (χ0) is 14.4. The number of carbonyl (C=O) groups excluding carboxylic acids is 2. The SMILES string of the molecule is COc1ccc(C[NH+](C)[C@@H](C)C(=O)NC(N)=O)cc1. The molecule has 0 aromatic heterocycles. The molecule has 2 atom stereocenters. The van der Waals surface area contributed by atoms with Crippen molar-refractivity contribution >= 4 is 11.9 Å². The Bertz CT molecular complexity index is 445. The van der Waals surface area contributed by atoms with Crippen molar-refractivity contribution in [3.8, 4) is 5.75 Å². The standard InChI is InChI=1S/C13H19N3O3/c1-9(12(17)15-13(14)18)16(2)8-10-4-6-11(19-3)7-5-10/h4-7,9H,8H2,1-3H3,(H3,14,15,17,18)/p+1/t9-/m0/s1. The summed E-state index contributed by atoms with van der Waals surface area (Å²) < 4.78 is 5.08. The molecule has 19 heavy (non-hydrogen) atoms. The summed E-state index contributed by atoms with van der Waals surface area (Å²) >= 11 is 0. The summed E-state index contributed by atoms with van der Waals surface area (Å²) in [5, 5.41) is 2.09. The van der Waals surface area contributed by atoms with Gasteiger partial charge in [-0.05, 0) is 31.2 Å². The van der Waals surface area contributed by atoms with Crippen LogP contribution in [0.15, 0.2) is 24.3 Å². The van der Waals surface area contributed by atoms with Gasteiger partial charge in [-0.1, -0.05) is 0 Å². The second kappa shape index (κ2) is 6.75. The van der Waals surface area contributed by atoms with Gasteiger partial charge in [0.15, 0.2) is 6.04 Å². The van der Waals surface area contributed by atoms with Gasteiger partial charge in [0.25, 0.3) is 5.91 Å². The van der Waals surface area contributed by atoms with Crippen LogP contribution in [0.2, 0.25) is 0 Å². The number of benzene rings is 1. The molecule has 1 aromatic carbocycles. The highest BCUT2D eigenvalue weighted by atomic mass is 16.5. The third-order valence-corrected chi connectivity index (χ3v) is 3.02. The average Bonchev–Trinajstić information content (AvgIpc) is 2.37. The molecule has 0 bridgehead atoms. The van der Waals surface area contributed by atoms with Crippen LogP contribution in [0.4, 0.5) is 4.79 Å². The van der Waals surface area contributed by atoms with E-state index in [1.807, 2.05) is 31.3 Å². The largest absolute Gasteiger partial charge is 0.497 e. The van der Waals surface area contributed by atoms with Crippen molar-refractivity contribution in [3.63, 3.8) is 0 Å². The summed E-state index contributed by atoms with van der Waals surface area (Å²) in [5.74, 6) is 0.416. The lowest BCUT2D eigenvalue weighted by Gasteiger charge is -2.20. The second-order valence-corrected chi connectivity index (χ2v) is 4.45. The third-order valence-electron chi connectivity index (χ3n) is 3.02. The van der Waals surface area contributed by atoms with Gasteiger partial charge in [0.05, 0.1) is 14.2 Å². The Balaban J connectivity index is 2.59. The van der Waals surface area contributed by atoms with Crippen molar-refractivity contribution in [3.05, 3.63) is 29.8 Å². The van der Waals surface area contributed by atoms with Crippen molar-refractivity contribution in [2.24, 2.45) is 5.73 Å². The van der Waals surface area contributed by atoms with Crippen LogP contribution in [-0.2, 0) is 11.3 Å². The number of primary amides is 1. The van der Waals surface area contributed by atoms with E-state index in [0.717, 1.165) is 16.2 Å². The van der Waals surface area contributed by atoms with Crippen LogP contribution < -0.4 is 20.7 Å². The number of hydrogen-bond donors (Lipinski definition) is 3. The number of hydrogen-bond acceptors (Lipinski definition) is 3. The zero-order valence-corrected chi connectivity index (χ0v) is 11.4. The monoisotopic (exact) mass is 266 g/mol. The molecule has 6 nitrogen and oxygen atoms in total. The van der Waals surface area contributed by atoms with Crippen LogP contribution in [-0.4, -0.2) is 32.1 Å². The van der Waals surface area contributed by atoms with E-state index >= 15 is 0 Å². The third kappa shape index (κ3) is 4.59. The molecule has 0 aliphatic heterocycles. The van der Waals surface area contributed by atoms with Gasteiger partial charge in [0.1, 0.15) is 12.3 Å². The quantitative estimate of drug-likeness (QED) is 0.658. The fourth-order valence-electron chi connectivity index (χ4n) is 1.67. The highest BCUT2D eigenvalue weighted by Crippen LogP contribution is 2.10. The summed E-state index contributed by atoms with van der Waals surface area (Å²) in [6.45, 7) is 2.41. The minimum atomic E-state index is -0.825. The molecule has 0 fully saturated rings. The van der Waals surface area contributed by atoms with Crippen molar-refractivity contribution in [2.75, 3.05) is 14.2 Å². The van der Waals surface area contributed by atoms with Gasteiger partial charge >= 0.3 is 6.03 Å². The molecule has 0 radical (unpaired) electrons. The topological polar surface area (TPSA) is 85.9 Å². The number of urea groups is 1. The molecule has 0 aliphatic carbocycles. The predicted molar refractivity (Wildman–Crippen MR) is 70.8 cm³/mol. The van der Waals surface area contributed by atoms with Gasteiger partial charge in [-0.3, -0.25) is 10.1 Å². The molecule has 6 heteroatoms. The highest BCUT2D eigenvalue weighted by molar-refractivity contribution is 5.95. The number of methoxy groups -OCH3 is 1. The van der Waals surface area contributed by atoms with Crippen LogP contribution >= 0.6 is 0 Å². The number of nitrogens with one attached hydrogen (secondary N) is 2. The van der Waals surface area contributed by atoms with Crippen LogP contribution in [0.3, 0.4) is 0 Å². The molecule has 0 saturated heterocycles. The van der Waals surface area contributed by atoms with Crippen LogP contribution in [0.5, 0.6) is 5.75 Å². The van der Waals surface area contributed by atoms with Crippen LogP contribution in [0.1, 0.15) is 12.5 Å². The van der Waals surface area contributed by atoms with Gasteiger partial charge in [0, 0.05) is 5.56 Å². The number of imide groups is 1. The average molecular weight is 266 g/mol. The number of quaternary nitrogens is 1. The first-order valence-electron chi connectivity index (χ1n) is 5.99. The first-order chi connectivity index (χ1) is 8.93. The fourth-order valence-corrected chi connectivity index (χ4v) is 1.67. The molecular formula is C13H20N3O3+. The van der Waals surface area contributed by atoms with E-state index in [1.54, 1.807) is 14.0 Å². The Morgan fingerprint density at radius 1 is 1.37 bits per heavy atom. The minimum absolute atomic E-state index is 0.366. The van der Waals surface area contributed by atoms with E-state index in [4.69, 9.17) is 10.5 Å². The molecule has 1 unspecified atom stereocenters. The van der Waals surface area contributed by atoms with Gasteiger partial charge in [-0.25, -0.2) is 4.79 Å². The lowest BCUT2D eigenvalue weighted by atomic mass is 10.2. The van der Waals surface area contributed by atoms with Gasteiger partial charge in [-0.15, -0.1) is 0 Å². The summed E-state index contributed by atoms with van der Waals surface area (Å²) in [7, 11) is 3.50. The lowest BCUT2D eigenvalue weighted by Crippen LogP contribution is -3.12. The predicted octanol–water partition coefficient (Wildman–Crippen LogP) is -0.707.